The molecule has 4 saturated carbocycles. The number of aliphatic hydroxyl groups is 1. The SMILES string of the molecule is C[C@]12CC[C@]3(C1)[C@@H](C[C@@H](OC(=O)c1ccccc1)[C@@H]1[C@]3(C)CCC[C@]1(C)C(=O)O)C[C@@H]2O. The molecule has 0 aromatic heterocycles. The predicted molar refractivity (Wildman–Crippen MR) is 120 cm³/mol. The second kappa shape index (κ2) is 7.06. The van der Waals surface area contributed by atoms with Crippen molar-refractivity contribution >= 4 is 11.9 Å². The Morgan fingerprint density at radius 3 is 2.41 bits per heavy atom. The Kier molecular flexibility index (Phi) is 4.84. The maximum Gasteiger partial charge on any atom is 0.338 e. The molecule has 174 valence electrons. The number of carboxylic acid groups (broad SMARTS) is 1. The number of carbonyl (C=O) groups excluding carboxylic acids is 1. The summed E-state index contributed by atoms with van der Waals surface area (Å²) in [6.45, 7) is 6.38. The van der Waals surface area contributed by atoms with E-state index in [-0.39, 0.29) is 40.2 Å². The number of carboxylic acids is 1. The predicted octanol–water partition coefficient (Wildman–Crippen LogP) is 5.07. The van der Waals surface area contributed by atoms with Gasteiger partial charge in [0.25, 0.3) is 0 Å². The summed E-state index contributed by atoms with van der Waals surface area (Å²) < 4.78 is 6.19. The van der Waals surface area contributed by atoms with Crippen molar-refractivity contribution < 1.29 is 24.5 Å². The minimum absolute atomic E-state index is 0.0123. The third-order valence-electron chi connectivity index (χ3n) is 10.5. The molecule has 0 saturated heterocycles. The van der Waals surface area contributed by atoms with E-state index in [2.05, 4.69) is 13.8 Å². The summed E-state index contributed by atoms with van der Waals surface area (Å²) in [5.41, 5.74) is -0.739. The second-order valence-corrected chi connectivity index (χ2v) is 12.0. The van der Waals surface area contributed by atoms with Crippen LogP contribution in [0, 0.1) is 33.5 Å². The first-order chi connectivity index (χ1) is 15.1. The Hall–Kier alpha value is -1.88. The Balaban J connectivity index is 1.59. The van der Waals surface area contributed by atoms with E-state index in [4.69, 9.17) is 4.74 Å². The fourth-order valence-electron chi connectivity index (χ4n) is 8.86. The van der Waals surface area contributed by atoms with Crippen molar-refractivity contribution in [1.29, 1.82) is 0 Å². The minimum Gasteiger partial charge on any atom is -0.481 e. The van der Waals surface area contributed by atoms with Gasteiger partial charge in [-0.2, -0.15) is 0 Å². The van der Waals surface area contributed by atoms with E-state index in [9.17, 15) is 19.8 Å². The highest BCUT2D eigenvalue weighted by Crippen LogP contribution is 2.76. The molecule has 0 unspecified atom stereocenters. The van der Waals surface area contributed by atoms with Crippen molar-refractivity contribution in [2.45, 2.75) is 84.3 Å². The van der Waals surface area contributed by atoms with Gasteiger partial charge in [-0.3, -0.25) is 4.79 Å². The molecule has 5 nitrogen and oxygen atoms in total. The molecule has 0 radical (unpaired) electrons. The van der Waals surface area contributed by atoms with Gasteiger partial charge in [-0.05, 0) is 86.2 Å². The number of hydrogen-bond acceptors (Lipinski definition) is 4. The van der Waals surface area contributed by atoms with Crippen LogP contribution < -0.4 is 0 Å². The van der Waals surface area contributed by atoms with E-state index in [0.29, 0.717) is 18.4 Å². The molecular formula is C27H36O5. The molecular weight excluding hydrogens is 404 g/mol. The molecule has 4 aliphatic rings. The van der Waals surface area contributed by atoms with Crippen molar-refractivity contribution in [3.05, 3.63) is 35.9 Å². The lowest BCUT2D eigenvalue weighted by Crippen LogP contribution is -2.66. The number of hydrogen-bond donors (Lipinski definition) is 2. The highest BCUT2D eigenvalue weighted by Gasteiger charge is 2.73. The van der Waals surface area contributed by atoms with Gasteiger partial charge >= 0.3 is 11.9 Å². The van der Waals surface area contributed by atoms with Crippen molar-refractivity contribution in [1.82, 2.24) is 0 Å². The molecule has 2 N–H and O–H groups in total. The Morgan fingerprint density at radius 2 is 1.72 bits per heavy atom. The molecule has 5 rings (SSSR count). The molecule has 32 heavy (non-hydrogen) atoms. The lowest BCUT2D eigenvalue weighted by atomic mass is 9.37. The number of carbonyl (C=O) groups is 2. The molecule has 1 aromatic rings. The van der Waals surface area contributed by atoms with E-state index >= 15 is 0 Å². The number of fused-ring (bicyclic) bond motifs is 2. The smallest absolute Gasteiger partial charge is 0.338 e. The van der Waals surface area contributed by atoms with Gasteiger partial charge in [-0.25, -0.2) is 4.79 Å². The zero-order chi connectivity index (χ0) is 22.9. The van der Waals surface area contributed by atoms with Gasteiger partial charge in [0, 0.05) is 5.92 Å². The normalized spacial score (nSPS) is 47.2. The van der Waals surface area contributed by atoms with Crippen molar-refractivity contribution in [3.63, 3.8) is 0 Å². The number of ether oxygens (including phenoxy) is 1. The fourth-order valence-corrected chi connectivity index (χ4v) is 8.86. The highest BCUT2D eigenvalue weighted by molar-refractivity contribution is 5.89. The molecule has 4 fully saturated rings. The molecule has 1 spiro atoms. The van der Waals surface area contributed by atoms with Crippen molar-refractivity contribution in [2.24, 2.45) is 33.5 Å². The van der Waals surface area contributed by atoms with Crippen LogP contribution in [0.5, 0.6) is 0 Å². The maximum absolute atomic E-state index is 13.1. The van der Waals surface area contributed by atoms with Gasteiger partial charge < -0.3 is 14.9 Å². The van der Waals surface area contributed by atoms with Crippen LogP contribution in [0.1, 0.15) is 82.5 Å². The molecule has 8 atom stereocenters. The quantitative estimate of drug-likeness (QED) is 0.641. The summed E-state index contributed by atoms with van der Waals surface area (Å²) in [6, 6.07) is 8.98. The molecule has 2 bridgehead atoms. The first kappa shape index (κ1) is 21.9. The Labute approximate surface area is 190 Å². The van der Waals surface area contributed by atoms with E-state index in [0.717, 1.165) is 38.5 Å². The van der Waals surface area contributed by atoms with Crippen LogP contribution in [0.25, 0.3) is 0 Å². The third kappa shape index (κ3) is 2.79. The van der Waals surface area contributed by atoms with Crippen LogP contribution in [0.4, 0.5) is 0 Å². The molecule has 0 aliphatic heterocycles. The fraction of sp³-hybridized carbons (Fsp3) is 0.704. The van der Waals surface area contributed by atoms with Crippen LogP contribution >= 0.6 is 0 Å². The summed E-state index contributed by atoms with van der Waals surface area (Å²) in [7, 11) is 0. The van der Waals surface area contributed by atoms with Gasteiger partial charge in [0.2, 0.25) is 0 Å². The maximum atomic E-state index is 13.1. The molecule has 5 heteroatoms. The average molecular weight is 441 g/mol. The van der Waals surface area contributed by atoms with Crippen LogP contribution in [0.2, 0.25) is 0 Å². The van der Waals surface area contributed by atoms with Crippen molar-refractivity contribution in [2.75, 3.05) is 0 Å². The van der Waals surface area contributed by atoms with E-state index in [1.807, 2.05) is 25.1 Å². The second-order valence-electron chi connectivity index (χ2n) is 12.0. The summed E-state index contributed by atoms with van der Waals surface area (Å²) in [6.07, 6.45) is 6.00. The standard InChI is InChI=1S/C27H36O5/c1-24-12-13-27(16-24)18(15-20(24)28)14-19(32-22(29)17-8-5-4-6-9-17)21-25(2,23(30)31)10-7-11-26(21,27)3/h4-6,8-9,18-21,28H,7,10-16H2,1-3H3,(H,30,31)/t18-,19+,20-,21-,24-,25-,26-,27-/m0/s1. The summed E-state index contributed by atoms with van der Waals surface area (Å²) in [5.74, 6) is -1.14. The first-order valence-corrected chi connectivity index (χ1v) is 12.2. The van der Waals surface area contributed by atoms with E-state index in [1.165, 1.54) is 0 Å². The first-order valence-electron chi connectivity index (χ1n) is 12.2. The number of benzene rings is 1. The molecule has 0 heterocycles. The van der Waals surface area contributed by atoms with Gasteiger partial charge in [0.05, 0.1) is 17.1 Å². The topological polar surface area (TPSA) is 83.8 Å². The highest BCUT2D eigenvalue weighted by atomic mass is 16.5. The molecule has 4 aliphatic carbocycles. The summed E-state index contributed by atoms with van der Waals surface area (Å²) >= 11 is 0. The van der Waals surface area contributed by atoms with Gasteiger partial charge in [0.1, 0.15) is 6.10 Å². The number of esters is 1. The summed E-state index contributed by atoms with van der Waals surface area (Å²) in [4.78, 5) is 25.8. The van der Waals surface area contributed by atoms with Crippen LogP contribution in [-0.2, 0) is 9.53 Å². The van der Waals surface area contributed by atoms with E-state index < -0.39 is 17.5 Å². The Morgan fingerprint density at radius 1 is 1.00 bits per heavy atom. The lowest BCUT2D eigenvalue weighted by Gasteiger charge is -2.67. The zero-order valence-electron chi connectivity index (χ0n) is 19.5. The lowest BCUT2D eigenvalue weighted by molar-refractivity contribution is -0.233. The van der Waals surface area contributed by atoms with Crippen molar-refractivity contribution in [3.8, 4) is 0 Å². The molecule has 1 aromatic carbocycles. The monoisotopic (exact) mass is 440 g/mol. The van der Waals surface area contributed by atoms with Gasteiger partial charge in [0.15, 0.2) is 0 Å². The number of rotatable bonds is 3. The average Bonchev–Trinajstić information content (AvgIpc) is 3.08. The van der Waals surface area contributed by atoms with Gasteiger partial charge in [-0.15, -0.1) is 0 Å². The minimum atomic E-state index is -0.927. The van der Waals surface area contributed by atoms with Crippen LogP contribution in [-0.4, -0.2) is 34.4 Å². The number of aliphatic hydroxyl groups excluding tert-OH is 1. The van der Waals surface area contributed by atoms with E-state index in [1.54, 1.807) is 12.1 Å². The third-order valence-corrected chi connectivity index (χ3v) is 10.5. The molecule has 0 amide bonds. The summed E-state index contributed by atoms with van der Waals surface area (Å²) in [5, 5.41) is 21.4. The zero-order valence-corrected chi connectivity index (χ0v) is 19.5. The van der Waals surface area contributed by atoms with Crippen LogP contribution in [0.15, 0.2) is 30.3 Å². The number of aliphatic carboxylic acids is 1. The van der Waals surface area contributed by atoms with Crippen LogP contribution in [0.3, 0.4) is 0 Å². The largest absolute Gasteiger partial charge is 0.481 e. The van der Waals surface area contributed by atoms with Gasteiger partial charge in [-0.1, -0.05) is 38.5 Å². The Bertz CT molecular complexity index is 929.